The van der Waals surface area contributed by atoms with Gasteiger partial charge in [-0.2, -0.15) is 17.6 Å². The maximum absolute atomic E-state index is 14.3. The van der Waals surface area contributed by atoms with Crippen LogP contribution >= 0.6 is 12.4 Å². The number of nitrogens with one attached hydrogen (secondary N) is 1. The van der Waals surface area contributed by atoms with Crippen molar-refractivity contribution in [2.24, 2.45) is 11.7 Å². The molecule has 1 aliphatic rings. The Morgan fingerprint density at radius 1 is 1.07 bits per heavy atom. The second-order valence-electron chi connectivity index (χ2n) is 6.34. The lowest BCUT2D eigenvalue weighted by molar-refractivity contribution is -0.179. The van der Waals surface area contributed by atoms with Crippen molar-refractivity contribution in [3.05, 3.63) is 47.9 Å². The number of nitrogens with zero attached hydrogens (tertiary/aromatic N) is 2. The highest BCUT2D eigenvalue weighted by molar-refractivity contribution is 5.85. The first kappa shape index (κ1) is 21.2. The molecule has 1 saturated heterocycles. The lowest BCUT2D eigenvalue weighted by Gasteiger charge is -2.33. The van der Waals surface area contributed by atoms with Gasteiger partial charge in [0.15, 0.2) is 0 Å². The zero-order valence-corrected chi connectivity index (χ0v) is 15.3. The van der Waals surface area contributed by atoms with Gasteiger partial charge in [0.2, 0.25) is 5.95 Å². The van der Waals surface area contributed by atoms with Crippen LogP contribution in [0.2, 0.25) is 0 Å². The number of hydrogen-bond donors (Lipinski definition) is 2. The molecule has 1 aliphatic heterocycles. The Balaban J connectivity index is 0.00000261. The van der Waals surface area contributed by atoms with E-state index in [1.165, 1.54) is 0 Å². The van der Waals surface area contributed by atoms with Crippen molar-refractivity contribution in [2.75, 3.05) is 23.3 Å². The normalized spacial score (nSPS) is 15.4. The van der Waals surface area contributed by atoms with Gasteiger partial charge in [0.1, 0.15) is 5.82 Å². The van der Waals surface area contributed by atoms with Gasteiger partial charge in [0.05, 0.1) is 11.6 Å². The van der Waals surface area contributed by atoms with Crippen LogP contribution in [0.15, 0.2) is 36.4 Å². The van der Waals surface area contributed by atoms with Crippen LogP contribution in [0, 0.1) is 11.9 Å². The van der Waals surface area contributed by atoms with Gasteiger partial charge in [0, 0.05) is 25.3 Å². The van der Waals surface area contributed by atoms with Gasteiger partial charge in [-0.15, -0.1) is 12.4 Å². The van der Waals surface area contributed by atoms with E-state index in [0.29, 0.717) is 18.1 Å². The second-order valence-corrected chi connectivity index (χ2v) is 6.34. The number of rotatable bonds is 4. The van der Waals surface area contributed by atoms with Crippen LogP contribution in [-0.4, -0.2) is 24.2 Å². The number of aromatic nitrogens is 1. The Hall–Kier alpha value is -2.06. The van der Waals surface area contributed by atoms with Crippen molar-refractivity contribution in [1.82, 2.24) is 4.98 Å². The molecule has 3 rings (SSSR count). The van der Waals surface area contributed by atoms with Crippen LogP contribution < -0.4 is 16.0 Å². The Labute approximate surface area is 161 Å². The molecule has 27 heavy (non-hydrogen) atoms. The Morgan fingerprint density at radius 2 is 1.70 bits per heavy atom. The molecule has 0 saturated carbocycles. The standard InChI is InChI=1S/C18H20F4N4.ClH/c19-17-15(24-14-3-1-12(11-23)2-4-14)5-6-16(25-17)26-9-7-13(8-10-26)18(20,21)22;/h1-6,13,24H,7-11,23H2;1H. The molecule has 3 N–H and O–H groups in total. The maximum atomic E-state index is 14.3. The summed E-state index contributed by atoms with van der Waals surface area (Å²) >= 11 is 0. The molecular weight excluding hydrogens is 384 g/mol. The van der Waals surface area contributed by atoms with Gasteiger partial charge in [0.25, 0.3) is 0 Å². The van der Waals surface area contributed by atoms with Gasteiger partial charge in [-0.05, 0) is 42.7 Å². The smallest absolute Gasteiger partial charge is 0.356 e. The molecule has 0 spiro atoms. The van der Waals surface area contributed by atoms with Crippen molar-refractivity contribution in [3.63, 3.8) is 0 Å². The molecule has 0 atom stereocenters. The number of hydrogen-bond acceptors (Lipinski definition) is 4. The minimum absolute atomic E-state index is 0. The average molecular weight is 405 g/mol. The highest BCUT2D eigenvalue weighted by atomic mass is 35.5. The lowest BCUT2D eigenvalue weighted by Crippen LogP contribution is -2.39. The molecule has 1 aromatic carbocycles. The van der Waals surface area contributed by atoms with E-state index in [0.717, 1.165) is 5.56 Å². The molecule has 148 valence electrons. The van der Waals surface area contributed by atoms with E-state index in [1.807, 2.05) is 12.1 Å². The van der Waals surface area contributed by atoms with Crippen LogP contribution in [0.3, 0.4) is 0 Å². The van der Waals surface area contributed by atoms with E-state index in [2.05, 4.69) is 10.3 Å². The van der Waals surface area contributed by atoms with Gasteiger partial charge in [-0.1, -0.05) is 12.1 Å². The zero-order chi connectivity index (χ0) is 18.7. The largest absolute Gasteiger partial charge is 0.391 e. The number of anilines is 3. The Morgan fingerprint density at radius 3 is 2.22 bits per heavy atom. The predicted octanol–water partition coefficient (Wildman–Crippen LogP) is 4.62. The van der Waals surface area contributed by atoms with E-state index in [1.54, 1.807) is 29.2 Å². The molecule has 0 amide bonds. The van der Waals surface area contributed by atoms with Crippen LogP contribution in [-0.2, 0) is 6.54 Å². The van der Waals surface area contributed by atoms with Crippen molar-refractivity contribution in [1.29, 1.82) is 0 Å². The van der Waals surface area contributed by atoms with E-state index in [-0.39, 0.29) is 44.0 Å². The minimum atomic E-state index is -4.17. The summed E-state index contributed by atoms with van der Waals surface area (Å²) in [7, 11) is 0. The highest BCUT2D eigenvalue weighted by Gasteiger charge is 2.41. The van der Waals surface area contributed by atoms with E-state index < -0.39 is 18.0 Å². The molecule has 9 heteroatoms. The number of alkyl halides is 3. The minimum Gasteiger partial charge on any atom is -0.356 e. The Bertz CT molecular complexity index is 744. The third kappa shape index (κ3) is 5.23. The summed E-state index contributed by atoms with van der Waals surface area (Å²) in [5.41, 5.74) is 7.41. The van der Waals surface area contributed by atoms with Crippen molar-refractivity contribution in [3.8, 4) is 0 Å². The highest BCUT2D eigenvalue weighted by Crippen LogP contribution is 2.35. The fraction of sp³-hybridized carbons (Fsp3) is 0.389. The molecule has 0 bridgehead atoms. The lowest BCUT2D eigenvalue weighted by atomic mass is 9.96. The average Bonchev–Trinajstić information content (AvgIpc) is 2.63. The number of piperidine rings is 1. The fourth-order valence-corrected chi connectivity index (χ4v) is 3.01. The second kappa shape index (κ2) is 8.75. The van der Waals surface area contributed by atoms with Crippen LogP contribution in [0.1, 0.15) is 18.4 Å². The third-order valence-corrected chi connectivity index (χ3v) is 4.58. The fourth-order valence-electron chi connectivity index (χ4n) is 3.01. The SMILES string of the molecule is Cl.NCc1ccc(Nc2ccc(N3CCC(C(F)(F)F)CC3)nc2F)cc1. The summed E-state index contributed by atoms with van der Waals surface area (Å²) in [6, 6.07) is 10.4. The summed E-state index contributed by atoms with van der Waals surface area (Å²) < 4.78 is 52.5. The van der Waals surface area contributed by atoms with Gasteiger partial charge >= 0.3 is 6.18 Å². The van der Waals surface area contributed by atoms with E-state index >= 15 is 0 Å². The molecule has 2 aromatic rings. The Kier molecular flexibility index (Phi) is 6.89. The molecule has 0 radical (unpaired) electrons. The summed E-state index contributed by atoms with van der Waals surface area (Å²) in [6.45, 7) is 0.851. The molecule has 1 fully saturated rings. The number of nitrogens with two attached hydrogens (primary N) is 1. The molecule has 0 unspecified atom stereocenters. The number of benzene rings is 1. The monoisotopic (exact) mass is 404 g/mol. The quantitative estimate of drug-likeness (QED) is 0.576. The van der Waals surface area contributed by atoms with E-state index in [9.17, 15) is 17.6 Å². The third-order valence-electron chi connectivity index (χ3n) is 4.58. The molecule has 0 aliphatic carbocycles. The topological polar surface area (TPSA) is 54.2 Å². The summed E-state index contributed by atoms with van der Waals surface area (Å²) in [4.78, 5) is 5.60. The predicted molar refractivity (Wildman–Crippen MR) is 100 cm³/mol. The van der Waals surface area contributed by atoms with Gasteiger partial charge in [-0.3, -0.25) is 0 Å². The number of pyridine rings is 1. The molecular formula is C18H21ClF4N4. The van der Waals surface area contributed by atoms with Crippen molar-refractivity contribution >= 4 is 29.6 Å². The van der Waals surface area contributed by atoms with Crippen molar-refractivity contribution < 1.29 is 17.6 Å². The number of halogens is 5. The first-order valence-electron chi connectivity index (χ1n) is 8.41. The molecule has 1 aromatic heterocycles. The van der Waals surface area contributed by atoms with Crippen LogP contribution in [0.25, 0.3) is 0 Å². The summed E-state index contributed by atoms with van der Waals surface area (Å²) in [5.74, 6) is -1.63. The first-order chi connectivity index (χ1) is 12.4. The summed E-state index contributed by atoms with van der Waals surface area (Å²) in [5, 5.41) is 2.94. The van der Waals surface area contributed by atoms with Crippen molar-refractivity contribution in [2.45, 2.75) is 25.6 Å². The molecule has 4 nitrogen and oxygen atoms in total. The first-order valence-corrected chi connectivity index (χ1v) is 8.41. The zero-order valence-electron chi connectivity index (χ0n) is 14.5. The maximum Gasteiger partial charge on any atom is 0.391 e. The molecule has 2 heterocycles. The summed E-state index contributed by atoms with van der Waals surface area (Å²) in [6.07, 6.45) is -4.17. The van der Waals surface area contributed by atoms with Gasteiger partial charge in [-0.25, -0.2) is 4.98 Å². The van der Waals surface area contributed by atoms with Crippen LogP contribution in [0.4, 0.5) is 34.8 Å². The van der Waals surface area contributed by atoms with Gasteiger partial charge < -0.3 is 16.0 Å². The van der Waals surface area contributed by atoms with E-state index in [4.69, 9.17) is 5.73 Å². The van der Waals surface area contributed by atoms with Crippen LogP contribution in [0.5, 0.6) is 0 Å².